The first kappa shape index (κ1) is 9.05. The number of hydrogen-bond acceptors (Lipinski definition) is 5. The molecule has 0 aliphatic rings. The van der Waals surface area contributed by atoms with Crippen LogP contribution < -0.4 is 11.3 Å². The molecule has 3 rings (SSSR count). The SMILES string of the molecule is Cc1nc2c3ccccc3c(NN)nn2n1. The third-order valence-corrected chi connectivity index (χ3v) is 2.45. The Morgan fingerprint density at radius 2 is 1.94 bits per heavy atom. The monoisotopic (exact) mass is 214 g/mol. The normalized spacial score (nSPS) is 11.1. The number of benzene rings is 1. The number of nitrogens with one attached hydrogen (secondary N) is 1. The van der Waals surface area contributed by atoms with Crippen LogP contribution in [0.15, 0.2) is 24.3 Å². The van der Waals surface area contributed by atoms with Crippen molar-refractivity contribution in [1.82, 2.24) is 19.8 Å². The van der Waals surface area contributed by atoms with E-state index in [1.54, 1.807) is 0 Å². The van der Waals surface area contributed by atoms with Crippen LogP contribution in [0, 0.1) is 6.92 Å². The van der Waals surface area contributed by atoms with Gasteiger partial charge in [0, 0.05) is 10.8 Å². The van der Waals surface area contributed by atoms with Crippen LogP contribution in [0.1, 0.15) is 5.82 Å². The van der Waals surface area contributed by atoms with E-state index in [0.717, 1.165) is 16.4 Å². The average molecular weight is 214 g/mol. The van der Waals surface area contributed by atoms with Crippen molar-refractivity contribution in [2.75, 3.05) is 5.43 Å². The number of nitrogens with two attached hydrogens (primary N) is 1. The van der Waals surface area contributed by atoms with Gasteiger partial charge in [-0.3, -0.25) is 0 Å². The van der Waals surface area contributed by atoms with Gasteiger partial charge in [-0.2, -0.15) is 0 Å². The molecule has 0 saturated heterocycles. The molecule has 80 valence electrons. The number of hydrogen-bond donors (Lipinski definition) is 2. The van der Waals surface area contributed by atoms with Gasteiger partial charge in [-0.15, -0.1) is 14.8 Å². The molecule has 6 heteroatoms. The average Bonchev–Trinajstić information content (AvgIpc) is 2.68. The summed E-state index contributed by atoms with van der Waals surface area (Å²) >= 11 is 0. The summed E-state index contributed by atoms with van der Waals surface area (Å²) < 4.78 is 1.49. The molecule has 6 nitrogen and oxygen atoms in total. The van der Waals surface area contributed by atoms with Gasteiger partial charge < -0.3 is 5.43 Å². The minimum atomic E-state index is 0.591. The van der Waals surface area contributed by atoms with Crippen molar-refractivity contribution in [3.05, 3.63) is 30.1 Å². The summed E-state index contributed by atoms with van der Waals surface area (Å²) in [6, 6.07) is 7.81. The maximum Gasteiger partial charge on any atom is 0.184 e. The topological polar surface area (TPSA) is 81.1 Å². The Kier molecular flexibility index (Phi) is 1.78. The molecule has 0 spiro atoms. The molecule has 0 radical (unpaired) electrons. The number of nitrogen functional groups attached to an aromatic ring is 1. The molecule has 0 unspecified atom stereocenters. The maximum atomic E-state index is 5.44. The summed E-state index contributed by atoms with van der Waals surface area (Å²) in [5.74, 6) is 6.72. The van der Waals surface area contributed by atoms with Crippen molar-refractivity contribution in [1.29, 1.82) is 0 Å². The zero-order valence-corrected chi connectivity index (χ0v) is 8.68. The van der Waals surface area contributed by atoms with Crippen LogP contribution in [0.5, 0.6) is 0 Å². The summed E-state index contributed by atoms with van der Waals surface area (Å²) in [6.45, 7) is 1.83. The van der Waals surface area contributed by atoms with E-state index < -0.39 is 0 Å². The number of aryl methyl sites for hydroxylation is 1. The summed E-state index contributed by atoms with van der Waals surface area (Å²) in [6.07, 6.45) is 0. The van der Waals surface area contributed by atoms with Gasteiger partial charge in [0.1, 0.15) is 5.82 Å². The van der Waals surface area contributed by atoms with E-state index in [1.807, 2.05) is 31.2 Å². The molecule has 1 aromatic carbocycles. The van der Waals surface area contributed by atoms with Gasteiger partial charge in [0.2, 0.25) is 0 Å². The van der Waals surface area contributed by atoms with Crippen molar-refractivity contribution in [2.45, 2.75) is 6.92 Å². The lowest BCUT2D eigenvalue weighted by atomic mass is 10.2. The van der Waals surface area contributed by atoms with Crippen molar-refractivity contribution < 1.29 is 0 Å². The molecule has 3 N–H and O–H groups in total. The lowest BCUT2D eigenvalue weighted by Crippen LogP contribution is -2.11. The smallest absolute Gasteiger partial charge is 0.184 e. The lowest BCUT2D eigenvalue weighted by Gasteiger charge is -2.04. The fraction of sp³-hybridized carbons (Fsp3) is 0.100. The standard InChI is InChI=1S/C10H10N6/c1-6-12-10-8-5-3-2-4-7(8)9(13-11)15-16(10)14-6/h2-5H,11H2,1H3,(H,13,15). The number of fused-ring (bicyclic) bond motifs is 3. The molecule has 0 aliphatic carbocycles. The van der Waals surface area contributed by atoms with Gasteiger partial charge in [0.25, 0.3) is 0 Å². The van der Waals surface area contributed by atoms with E-state index in [9.17, 15) is 0 Å². The number of hydrazine groups is 1. The van der Waals surface area contributed by atoms with E-state index in [-0.39, 0.29) is 0 Å². The fourth-order valence-electron chi connectivity index (χ4n) is 1.78. The largest absolute Gasteiger partial charge is 0.306 e. The Morgan fingerprint density at radius 3 is 2.69 bits per heavy atom. The van der Waals surface area contributed by atoms with E-state index in [1.165, 1.54) is 4.63 Å². The van der Waals surface area contributed by atoms with E-state index >= 15 is 0 Å². The summed E-state index contributed by atoms with van der Waals surface area (Å²) in [4.78, 5) is 4.34. The van der Waals surface area contributed by atoms with Crippen LogP contribution in [0.3, 0.4) is 0 Å². The van der Waals surface area contributed by atoms with Crippen molar-refractivity contribution in [2.24, 2.45) is 5.84 Å². The first-order valence-electron chi connectivity index (χ1n) is 4.88. The molecule has 16 heavy (non-hydrogen) atoms. The van der Waals surface area contributed by atoms with Gasteiger partial charge in [0.15, 0.2) is 11.5 Å². The highest BCUT2D eigenvalue weighted by atomic mass is 15.5. The minimum Gasteiger partial charge on any atom is -0.306 e. The third-order valence-electron chi connectivity index (χ3n) is 2.45. The molecular formula is C10H10N6. The van der Waals surface area contributed by atoms with Crippen LogP contribution in [0.2, 0.25) is 0 Å². The highest BCUT2D eigenvalue weighted by Crippen LogP contribution is 2.23. The molecule has 2 heterocycles. The number of nitrogens with zero attached hydrogens (tertiary/aromatic N) is 4. The van der Waals surface area contributed by atoms with Crippen LogP contribution in [-0.2, 0) is 0 Å². The molecule has 0 fully saturated rings. The van der Waals surface area contributed by atoms with E-state index in [4.69, 9.17) is 5.84 Å². The molecule has 0 amide bonds. The molecular weight excluding hydrogens is 204 g/mol. The summed E-state index contributed by atoms with van der Waals surface area (Å²) in [5, 5.41) is 10.3. The molecule has 3 aromatic rings. The predicted molar refractivity (Wildman–Crippen MR) is 60.8 cm³/mol. The predicted octanol–water partition coefficient (Wildman–Crippen LogP) is 0.872. The van der Waals surface area contributed by atoms with Gasteiger partial charge in [-0.25, -0.2) is 10.8 Å². The third kappa shape index (κ3) is 1.13. The summed E-state index contributed by atoms with van der Waals surface area (Å²) in [5.41, 5.74) is 3.31. The second-order valence-corrected chi connectivity index (χ2v) is 3.51. The van der Waals surface area contributed by atoms with Gasteiger partial charge >= 0.3 is 0 Å². The second kappa shape index (κ2) is 3.14. The zero-order chi connectivity index (χ0) is 11.1. The lowest BCUT2D eigenvalue weighted by molar-refractivity contribution is 0.795. The van der Waals surface area contributed by atoms with Crippen LogP contribution in [-0.4, -0.2) is 19.8 Å². The van der Waals surface area contributed by atoms with E-state index in [0.29, 0.717) is 11.6 Å². The van der Waals surface area contributed by atoms with E-state index in [2.05, 4.69) is 20.6 Å². The Morgan fingerprint density at radius 1 is 1.19 bits per heavy atom. The number of anilines is 1. The van der Waals surface area contributed by atoms with Crippen molar-refractivity contribution in [3.63, 3.8) is 0 Å². The molecule has 0 aliphatic heterocycles. The first-order valence-corrected chi connectivity index (χ1v) is 4.88. The first-order chi connectivity index (χ1) is 7.79. The fourth-order valence-corrected chi connectivity index (χ4v) is 1.78. The molecule has 0 bridgehead atoms. The van der Waals surface area contributed by atoms with Gasteiger partial charge in [-0.05, 0) is 6.92 Å². The van der Waals surface area contributed by atoms with Crippen LogP contribution >= 0.6 is 0 Å². The minimum absolute atomic E-state index is 0.591. The molecule has 0 atom stereocenters. The maximum absolute atomic E-state index is 5.44. The zero-order valence-electron chi connectivity index (χ0n) is 8.68. The highest BCUT2D eigenvalue weighted by molar-refractivity contribution is 5.99. The molecule has 0 saturated carbocycles. The van der Waals surface area contributed by atoms with Crippen molar-refractivity contribution >= 4 is 22.2 Å². The Hall–Kier alpha value is -2.21. The molecule has 2 aromatic heterocycles. The van der Waals surface area contributed by atoms with Crippen LogP contribution in [0.25, 0.3) is 16.4 Å². The Bertz CT molecular complexity index is 671. The van der Waals surface area contributed by atoms with Crippen molar-refractivity contribution in [3.8, 4) is 0 Å². The number of aromatic nitrogens is 4. The quantitative estimate of drug-likeness (QED) is 0.464. The number of rotatable bonds is 1. The second-order valence-electron chi connectivity index (χ2n) is 3.51. The Balaban J connectivity index is 2.56. The van der Waals surface area contributed by atoms with Gasteiger partial charge in [-0.1, -0.05) is 24.3 Å². The van der Waals surface area contributed by atoms with Gasteiger partial charge in [0.05, 0.1) is 0 Å². The summed E-state index contributed by atoms with van der Waals surface area (Å²) in [7, 11) is 0. The van der Waals surface area contributed by atoms with Crippen LogP contribution in [0.4, 0.5) is 5.82 Å². The highest BCUT2D eigenvalue weighted by Gasteiger charge is 2.09. The Labute approximate surface area is 91.1 Å².